The van der Waals surface area contributed by atoms with Crippen molar-refractivity contribution in [3.8, 4) is 0 Å². The van der Waals surface area contributed by atoms with Crippen LogP contribution in [0.25, 0.3) is 0 Å². The summed E-state index contributed by atoms with van der Waals surface area (Å²) in [5.74, 6) is 0. The highest BCUT2D eigenvalue weighted by molar-refractivity contribution is 5.30. The van der Waals surface area contributed by atoms with Crippen molar-refractivity contribution in [2.24, 2.45) is 0 Å². The minimum Gasteiger partial charge on any atom is -0.389 e. The first-order valence-corrected chi connectivity index (χ1v) is 9.98. The van der Waals surface area contributed by atoms with Crippen LogP contribution in [0.5, 0.6) is 0 Å². The van der Waals surface area contributed by atoms with E-state index in [4.69, 9.17) is 4.74 Å². The second kappa shape index (κ2) is 9.16. The molecular formula is C25H27NO2. The maximum atomic E-state index is 10.6. The van der Waals surface area contributed by atoms with E-state index in [9.17, 15) is 5.11 Å². The molecule has 3 aromatic rings. The molecule has 0 unspecified atom stereocenters. The number of rotatable bonds is 7. The first kappa shape index (κ1) is 18.9. The smallest absolute Gasteiger partial charge is 0.108 e. The van der Waals surface area contributed by atoms with Crippen LogP contribution in [0.4, 0.5) is 0 Å². The summed E-state index contributed by atoms with van der Waals surface area (Å²) in [5.41, 5.74) is 5.01. The zero-order chi connectivity index (χ0) is 19.2. The Morgan fingerprint density at radius 2 is 1.36 bits per heavy atom. The maximum absolute atomic E-state index is 10.6. The first-order chi connectivity index (χ1) is 13.8. The van der Waals surface area contributed by atoms with E-state index in [-0.39, 0.29) is 6.10 Å². The molecule has 0 amide bonds. The largest absolute Gasteiger partial charge is 0.389 e. The van der Waals surface area contributed by atoms with Gasteiger partial charge >= 0.3 is 0 Å². The molecule has 1 aliphatic rings. The molecular weight excluding hydrogens is 346 g/mol. The number of β-amino-alcohol motifs (C(OH)–C–C–N with tert-alkyl or cyclic N) is 1. The monoisotopic (exact) mass is 373 g/mol. The number of benzene rings is 3. The molecule has 0 saturated heterocycles. The number of hydrogen-bond acceptors (Lipinski definition) is 3. The van der Waals surface area contributed by atoms with Crippen LogP contribution in [0.1, 0.15) is 28.4 Å². The van der Waals surface area contributed by atoms with Crippen molar-refractivity contribution < 1.29 is 9.84 Å². The van der Waals surface area contributed by atoms with Gasteiger partial charge in [0.1, 0.15) is 6.10 Å². The van der Waals surface area contributed by atoms with Gasteiger partial charge in [0.25, 0.3) is 0 Å². The molecule has 1 N–H and O–H groups in total. The van der Waals surface area contributed by atoms with Gasteiger partial charge < -0.3 is 9.84 Å². The minimum atomic E-state index is -0.514. The quantitative estimate of drug-likeness (QED) is 0.673. The molecule has 28 heavy (non-hydrogen) atoms. The van der Waals surface area contributed by atoms with Crippen molar-refractivity contribution in [1.29, 1.82) is 0 Å². The summed E-state index contributed by atoms with van der Waals surface area (Å²) >= 11 is 0. The normalized spacial score (nSPS) is 15.4. The summed E-state index contributed by atoms with van der Waals surface area (Å²) in [4.78, 5) is 2.32. The summed E-state index contributed by atoms with van der Waals surface area (Å²) < 4.78 is 6.21. The predicted molar refractivity (Wildman–Crippen MR) is 112 cm³/mol. The van der Waals surface area contributed by atoms with Crippen molar-refractivity contribution in [3.05, 3.63) is 107 Å². The summed E-state index contributed by atoms with van der Waals surface area (Å²) in [5, 5.41) is 10.6. The number of aliphatic hydroxyl groups is 1. The lowest BCUT2D eigenvalue weighted by molar-refractivity contribution is -0.0100. The second-order valence-corrected chi connectivity index (χ2v) is 7.44. The molecule has 0 saturated carbocycles. The summed E-state index contributed by atoms with van der Waals surface area (Å²) in [6.45, 7) is 2.82. The first-order valence-electron chi connectivity index (χ1n) is 9.98. The maximum Gasteiger partial charge on any atom is 0.108 e. The third kappa shape index (κ3) is 4.68. The highest BCUT2D eigenvalue weighted by atomic mass is 16.5. The van der Waals surface area contributed by atoms with Crippen LogP contribution in [0, 0.1) is 0 Å². The van der Waals surface area contributed by atoms with Crippen molar-refractivity contribution in [3.63, 3.8) is 0 Å². The van der Waals surface area contributed by atoms with Crippen LogP contribution >= 0.6 is 0 Å². The lowest BCUT2D eigenvalue weighted by Gasteiger charge is -2.30. The summed E-state index contributed by atoms with van der Waals surface area (Å²) in [7, 11) is 0. The number of aliphatic hydroxyl groups excluding tert-OH is 1. The highest BCUT2D eigenvalue weighted by Gasteiger charge is 2.20. The molecule has 0 bridgehead atoms. The van der Waals surface area contributed by atoms with Gasteiger partial charge in [0, 0.05) is 19.6 Å². The van der Waals surface area contributed by atoms with Gasteiger partial charge in [0.2, 0.25) is 0 Å². The van der Waals surface area contributed by atoms with Crippen LogP contribution < -0.4 is 0 Å². The summed E-state index contributed by atoms with van der Waals surface area (Å²) in [6, 6.07) is 29.0. The van der Waals surface area contributed by atoms with E-state index in [1.165, 1.54) is 11.1 Å². The Balaban J connectivity index is 1.38. The number of ether oxygens (including phenoxy) is 1. The van der Waals surface area contributed by atoms with Crippen LogP contribution in [0.2, 0.25) is 0 Å². The van der Waals surface area contributed by atoms with E-state index in [1.807, 2.05) is 36.4 Å². The van der Waals surface area contributed by atoms with Gasteiger partial charge in [-0.15, -0.1) is 0 Å². The standard InChI is InChI=1S/C25H27NO2/c27-24(18-26-16-15-20-9-7-8-14-23(20)17-26)19-28-25(21-10-3-1-4-11-21)22-12-5-2-6-13-22/h1-14,24-25,27H,15-19H2/t24-/m1/s1. The third-order valence-electron chi connectivity index (χ3n) is 5.34. The topological polar surface area (TPSA) is 32.7 Å². The Morgan fingerprint density at radius 3 is 2.00 bits per heavy atom. The average Bonchev–Trinajstić information content (AvgIpc) is 2.75. The second-order valence-electron chi connectivity index (χ2n) is 7.44. The van der Waals surface area contributed by atoms with Gasteiger partial charge in [-0.2, -0.15) is 0 Å². The molecule has 3 aromatic carbocycles. The van der Waals surface area contributed by atoms with E-state index in [0.717, 1.165) is 30.6 Å². The zero-order valence-corrected chi connectivity index (χ0v) is 16.1. The molecule has 0 spiro atoms. The Hall–Kier alpha value is -2.46. The molecule has 0 aromatic heterocycles. The molecule has 144 valence electrons. The van der Waals surface area contributed by atoms with Gasteiger partial charge in [0.15, 0.2) is 0 Å². The minimum absolute atomic E-state index is 0.167. The van der Waals surface area contributed by atoms with Crippen molar-refractivity contribution in [2.45, 2.75) is 25.2 Å². The van der Waals surface area contributed by atoms with E-state index >= 15 is 0 Å². The average molecular weight is 373 g/mol. The Bertz CT molecular complexity index is 826. The van der Waals surface area contributed by atoms with E-state index in [1.54, 1.807) is 0 Å². The molecule has 1 heterocycles. The van der Waals surface area contributed by atoms with Crippen LogP contribution in [0.15, 0.2) is 84.9 Å². The van der Waals surface area contributed by atoms with E-state index in [0.29, 0.717) is 13.2 Å². The molecule has 1 atom stereocenters. The lowest BCUT2D eigenvalue weighted by atomic mass is 10.00. The molecule has 3 heteroatoms. The van der Waals surface area contributed by atoms with Crippen LogP contribution in [-0.4, -0.2) is 35.8 Å². The lowest BCUT2D eigenvalue weighted by Crippen LogP contribution is -2.38. The van der Waals surface area contributed by atoms with Crippen molar-refractivity contribution >= 4 is 0 Å². The molecule has 0 radical (unpaired) electrons. The number of nitrogens with zero attached hydrogens (tertiary/aromatic N) is 1. The van der Waals surface area contributed by atoms with E-state index in [2.05, 4.69) is 53.4 Å². The van der Waals surface area contributed by atoms with Crippen LogP contribution in [0.3, 0.4) is 0 Å². The van der Waals surface area contributed by atoms with Gasteiger partial charge in [-0.05, 0) is 28.7 Å². The fraction of sp³-hybridized carbons (Fsp3) is 0.280. The molecule has 4 rings (SSSR count). The Kier molecular flexibility index (Phi) is 6.17. The number of hydrogen-bond donors (Lipinski definition) is 1. The molecule has 0 fully saturated rings. The van der Waals surface area contributed by atoms with Crippen molar-refractivity contribution in [1.82, 2.24) is 4.90 Å². The zero-order valence-electron chi connectivity index (χ0n) is 16.1. The number of fused-ring (bicyclic) bond motifs is 1. The molecule has 0 aliphatic carbocycles. The van der Waals surface area contributed by atoms with Gasteiger partial charge in [-0.3, -0.25) is 4.90 Å². The Morgan fingerprint density at radius 1 is 0.786 bits per heavy atom. The van der Waals surface area contributed by atoms with Crippen molar-refractivity contribution in [2.75, 3.05) is 19.7 Å². The van der Waals surface area contributed by atoms with Crippen LogP contribution in [-0.2, 0) is 17.7 Å². The fourth-order valence-corrected chi connectivity index (χ4v) is 3.91. The predicted octanol–water partition coefficient (Wildman–Crippen LogP) is 4.21. The fourth-order valence-electron chi connectivity index (χ4n) is 3.91. The van der Waals surface area contributed by atoms with Gasteiger partial charge in [0.05, 0.1) is 12.7 Å². The molecule has 1 aliphatic heterocycles. The third-order valence-corrected chi connectivity index (χ3v) is 5.34. The van der Waals surface area contributed by atoms with Gasteiger partial charge in [-0.25, -0.2) is 0 Å². The van der Waals surface area contributed by atoms with E-state index < -0.39 is 6.10 Å². The SMILES string of the molecule is O[C@@H](COC(c1ccccc1)c1ccccc1)CN1CCc2ccccc2C1. The molecule has 3 nitrogen and oxygen atoms in total. The highest BCUT2D eigenvalue weighted by Crippen LogP contribution is 2.26. The Labute approximate surface area is 167 Å². The summed E-state index contributed by atoms with van der Waals surface area (Å²) in [6.07, 6.45) is 0.361. The van der Waals surface area contributed by atoms with Gasteiger partial charge in [-0.1, -0.05) is 84.9 Å².